The summed E-state index contributed by atoms with van der Waals surface area (Å²) in [6.07, 6.45) is 19.0. The molecule has 0 unspecified atom stereocenters. The number of carbonyl (C=O) groups is 5. The van der Waals surface area contributed by atoms with Crippen LogP contribution >= 0.6 is 22.6 Å². The van der Waals surface area contributed by atoms with Gasteiger partial charge in [0, 0.05) is 64.4 Å². The SMILES string of the molecule is C=CCOC(=O)c1ccc(C)nc1.C=CCOC(=O)c1ccc(C=C)nc1.C=CCOC(=O)c1ccc(CC)nc1.C=CCOC(=O)c1ccc(CI)nc1.CC(C)(C)[O-].CCc1ccc(C)nc1.Cc1ccc(C(=O)O)cn1.[I-].[K+]. The number of carboxylic acid groups (broad SMARTS) is 1. The molecule has 0 spiro atoms. The molecular formula is C61H72I2KN6O11-. The van der Waals surface area contributed by atoms with E-state index in [1.54, 1.807) is 69.3 Å². The first kappa shape index (κ1) is 79.2. The van der Waals surface area contributed by atoms with Crippen LogP contribution in [0.15, 0.2) is 167 Å². The summed E-state index contributed by atoms with van der Waals surface area (Å²) in [6.45, 7) is 33.0. The van der Waals surface area contributed by atoms with Crippen molar-refractivity contribution < 1.29 is 128 Å². The van der Waals surface area contributed by atoms with Crippen molar-refractivity contribution in [2.75, 3.05) is 26.4 Å². The molecule has 6 aromatic heterocycles. The van der Waals surface area contributed by atoms with Crippen LogP contribution in [0.2, 0.25) is 0 Å². The Bertz CT molecular complexity index is 2700. The number of halogens is 2. The van der Waals surface area contributed by atoms with Gasteiger partial charge in [0.1, 0.15) is 26.4 Å². The molecule has 0 amide bonds. The Balaban J connectivity index is -0.000000886. The molecule has 0 bridgehead atoms. The minimum Gasteiger partial charge on any atom is -1.00 e. The molecule has 0 atom stereocenters. The first-order valence-electron chi connectivity index (χ1n) is 24.5. The van der Waals surface area contributed by atoms with Crippen LogP contribution in [0, 0.1) is 20.8 Å². The molecule has 0 radical (unpaired) electrons. The Kier molecular flexibility index (Phi) is 46.6. The van der Waals surface area contributed by atoms with E-state index in [0.29, 0.717) is 22.3 Å². The fraction of sp³-hybridized carbons (Fsp3) is 0.262. The quantitative estimate of drug-likeness (QED) is 0.0303. The Hall–Kier alpha value is -5.99. The largest absolute Gasteiger partial charge is 1.00 e. The normalized spacial score (nSPS) is 9.31. The zero-order valence-electron chi connectivity index (χ0n) is 47.7. The van der Waals surface area contributed by atoms with Gasteiger partial charge in [0.2, 0.25) is 0 Å². The summed E-state index contributed by atoms with van der Waals surface area (Å²) in [7, 11) is 0. The Morgan fingerprint density at radius 3 is 1.07 bits per heavy atom. The second kappa shape index (κ2) is 47.6. The van der Waals surface area contributed by atoms with Crippen molar-refractivity contribution in [3.63, 3.8) is 0 Å². The maximum atomic E-state index is 11.3. The summed E-state index contributed by atoms with van der Waals surface area (Å²) in [5.41, 5.74) is 8.06. The number of aromatic nitrogens is 6. The van der Waals surface area contributed by atoms with Crippen molar-refractivity contribution in [3.8, 4) is 0 Å². The third-order valence-electron chi connectivity index (χ3n) is 8.87. The molecule has 428 valence electrons. The van der Waals surface area contributed by atoms with Gasteiger partial charge in [-0.2, -0.15) is 0 Å². The van der Waals surface area contributed by atoms with Gasteiger partial charge in [0.25, 0.3) is 0 Å². The molecule has 0 saturated heterocycles. The van der Waals surface area contributed by atoms with E-state index < -0.39 is 17.5 Å². The molecule has 0 aliphatic heterocycles. The van der Waals surface area contributed by atoms with Gasteiger partial charge in [-0.25, -0.2) is 24.0 Å². The van der Waals surface area contributed by atoms with Crippen molar-refractivity contribution >= 4 is 58.5 Å². The minimum atomic E-state index is -0.937. The maximum absolute atomic E-state index is 11.3. The van der Waals surface area contributed by atoms with E-state index in [2.05, 4.69) is 98.4 Å². The van der Waals surface area contributed by atoms with Crippen LogP contribution < -0.4 is 80.5 Å². The molecule has 6 rings (SSSR count). The molecule has 0 aliphatic rings. The third kappa shape index (κ3) is 39.9. The van der Waals surface area contributed by atoms with E-state index in [1.807, 2.05) is 52.1 Å². The average Bonchev–Trinajstić information content (AvgIpc) is 3.45. The van der Waals surface area contributed by atoms with Gasteiger partial charge in [-0.05, 0) is 112 Å². The Morgan fingerprint density at radius 1 is 0.506 bits per heavy atom. The molecule has 0 fully saturated rings. The predicted octanol–water partition coefficient (Wildman–Crippen LogP) is 5.34. The van der Waals surface area contributed by atoms with Crippen LogP contribution in [0.3, 0.4) is 0 Å². The first-order valence-corrected chi connectivity index (χ1v) is 26.0. The zero-order valence-corrected chi connectivity index (χ0v) is 55.2. The maximum Gasteiger partial charge on any atom is 1.00 e. The van der Waals surface area contributed by atoms with E-state index in [-0.39, 0.29) is 125 Å². The number of nitrogens with zero attached hydrogens (tertiary/aromatic N) is 6. The van der Waals surface area contributed by atoms with Gasteiger partial charge in [0.15, 0.2) is 0 Å². The molecule has 1 N–H and O–H groups in total. The number of hydrogen-bond acceptors (Lipinski definition) is 16. The molecule has 0 aliphatic carbocycles. The summed E-state index contributed by atoms with van der Waals surface area (Å²) < 4.78 is 20.2. The van der Waals surface area contributed by atoms with E-state index in [0.717, 1.165) is 51.4 Å². The number of carbonyl (C=O) groups excluding carboxylic acids is 4. The van der Waals surface area contributed by atoms with E-state index in [1.165, 1.54) is 66.9 Å². The van der Waals surface area contributed by atoms with Gasteiger partial charge in [-0.3, -0.25) is 29.9 Å². The van der Waals surface area contributed by atoms with E-state index >= 15 is 0 Å². The first-order chi connectivity index (χ1) is 37.6. The van der Waals surface area contributed by atoms with Crippen LogP contribution in [0.4, 0.5) is 0 Å². The number of carboxylic acids is 1. The second-order valence-corrected chi connectivity index (χ2v) is 17.5. The standard InChI is InChI=1S/C11H13NO2.C11H11NO2.C10H10INO2.C10H11NO2.C8H11N.C7H7NO2.C4H9O.HI.K/c2*1-3-7-14-11(13)9-5-6-10(4-2)12-8-9;1-2-5-14-10(13)8-3-4-9(6-11)12-7-8;1-3-6-13-10(12)9-5-4-8(2)11-7-9;1-3-8-5-4-7(2)9-6-8;1-5-2-3-6(4-8-5)7(9)10;1-4(2,3)5;;/h3,5-6,8H,1,4,7H2,2H3;3-6,8H,1-2,7H2;2-4,7H,1,5-6H2;3-5,7H,1,6H2,2H3;4-6H,3H2,1-2H3;2-4H,1H3,(H,9,10);1-3H3;1H;/q;;;;;;-1;;+1/p-1. The second-order valence-electron chi connectivity index (χ2n) is 16.7. The molecule has 6 aromatic rings. The third-order valence-corrected chi connectivity index (χ3v) is 9.65. The smallest absolute Gasteiger partial charge is 1.00 e. The summed E-state index contributed by atoms with van der Waals surface area (Å²) >= 11 is 2.21. The van der Waals surface area contributed by atoms with Crippen LogP contribution in [0.25, 0.3) is 6.08 Å². The average molecular weight is 1360 g/mol. The Morgan fingerprint density at radius 2 is 0.827 bits per heavy atom. The summed E-state index contributed by atoms with van der Waals surface area (Å²) in [4.78, 5) is 79.5. The van der Waals surface area contributed by atoms with Gasteiger partial charge in [-0.1, -0.05) is 120 Å². The number of esters is 4. The Labute approximate surface area is 550 Å². The van der Waals surface area contributed by atoms with Crippen molar-refractivity contribution in [1.82, 2.24) is 29.9 Å². The summed E-state index contributed by atoms with van der Waals surface area (Å²) in [5.74, 6) is -2.43. The van der Waals surface area contributed by atoms with Crippen molar-refractivity contribution in [3.05, 3.63) is 235 Å². The van der Waals surface area contributed by atoms with Crippen molar-refractivity contribution in [2.45, 2.75) is 78.3 Å². The van der Waals surface area contributed by atoms with E-state index in [9.17, 15) is 29.1 Å². The number of pyridine rings is 6. The van der Waals surface area contributed by atoms with E-state index in [4.69, 9.17) is 24.1 Å². The molecular weight excluding hydrogens is 1290 g/mol. The van der Waals surface area contributed by atoms with Gasteiger partial charge in [0.05, 0.1) is 39.2 Å². The summed E-state index contributed by atoms with van der Waals surface area (Å²) in [5, 5.41) is 18.5. The molecule has 6 heterocycles. The number of aromatic carboxylic acids is 1. The summed E-state index contributed by atoms with van der Waals surface area (Å²) in [6, 6.07) is 21.2. The minimum absolute atomic E-state index is 0. The topological polar surface area (TPSA) is 243 Å². The van der Waals surface area contributed by atoms with Crippen molar-refractivity contribution in [1.29, 1.82) is 0 Å². The van der Waals surface area contributed by atoms with Gasteiger partial charge in [-0.15, -0.1) is 5.60 Å². The van der Waals surface area contributed by atoms with Gasteiger partial charge < -0.3 is 53.1 Å². The zero-order chi connectivity index (χ0) is 59.6. The van der Waals surface area contributed by atoms with Crippen LogP contribution in [-0.4, -0.2) is 96.9 Å². The fourth-order valence-corrected chi connectivity index (χ4v) is 5.24. The number of alkyl halides is 1. The monoisotopic (exact) mass is 1360 g/mol. The predicted molar refractivity (Wildman–Crippen MR) is 315 cm³/mol. The number of rotatable bonds is 17. The number of ether oxygens (including phenoxy) is 4. The van der Waals surface area contributed by atoms with Crippen molar-refractivity contribution in [2.24, 2.45) is 0 Å². The number of aryl methyl sites for hydroxylation is 5. The van der Waals surface area contributed by atoms with Crippen LogP contribution in [-0.2, 0) is 36.2 Å². The number of hydrogen-bond donors (Lipinski definition) is 1. The molecule has 81 heavy (non-hydrogen) atoms. The molecule has 20 heteroatoms. The molecule has 0 aromatic carbocycles. The van der Waals surface area contributed by atoms with Gasteiger partial charge >= 0.3 is 81.2 Å². The van der Waals surface area contributed by atoms with Crippen LogP contribution in [0.1, 0.15) is 126 Å². The molecule has 0 saturated carbocycles. The fourth-order valence-electron chi connectivity index (χ4n) is 4.79. The van der Waals surface area contributed by atoms with Crippen LogP contribution in [0.5, 0.6) is 0 Å². The molecule has 17 nitrogen and oxygen atoms in total.